The Labute approximate surface area is 267 Å². The molecule has 0 bridgehead atoms. The summed E-state index contributed by atoms with van der Waals surface area (Å²) >= 11 is 1.98. The summed E-state index contributed by atoms with van der Waals surface area (Å²) in [4.78, 5) is 30.4. The van der Waals surface area contributed by atoms with Gasteiger partial charge in [-0.1, -0.05) is 36.4 Å². The molecule has 1 N–H and O–H groups in total. The van der Waals surface area contributed by atoms with Gasteiger partial charge in [-0.05, 0) is 83.6 Å². The third kappa shape index (κ3) is 7.30. The second-order valence-electron chi connectivity index (χ2n) is 9.47. The molecule has 0 aliphatic heterocycles. The molecule has 1 heterocycles. The third-order valence-corrected chi connectivity index (χ3v) is 7.15. The Morgan fingerprint density at radius 2 is 1.78 bits per heavy atom. The number of ether oxygens (including phenoxy) is 2. The van der Waals surface area contributed by atoms with Gasteiger partial charge in [-0.15, -0.1) is 0 Å². The second-order valence-corrected chi connectivity index (χ2v) is 10.6. The molecule has 0 radical (unpaired) electrons. The standard InChI is InChI=1S/C32H23F4IN4O4/c1-2-44-27-15-19(14-24(37)29(27)45-18-28(42)39-26-13-6-4-11-23(26)33)17-38-41-30(20-8-7-9-21(16-20)32(34,35)36)40-25-12-5-3-10-22(25)31(41)43/h3-17H,2,18H2,1H3,(H,39,42). The van der Waals surface area contributed by atoms with Crippen molar-refractivity contribution in [2.24, 2.45) is 5.10 Å². The van der Waals surface area contributed by atoms with Gasteiger partial charge >= 0.3 is 6.18 Å². The molecule has 230 valence electrons. The molecule has 13 heteroatoms. The van der Waals surface area contributed by atoms with E-state index in [2.05, 4.69) is 15.4 Å². The zero-order valence-corrected chi connectivity index (χ0v) is 25.6. The van der Waals surface area contributed by atoms with Crippen LogP contribution < -0.4 is 20.3 Å². The van der Waals surface area contributed by atoms with Crippen LogP contribution in [0.4, 0.5) is 23.2 Å². The van der Waals surface area contributed by atoms with E-state index >= 15 is 0 Å². The van der Waals surface area contributed by atoms with E-state index in [9.17, 15) is 27.2 Å². The summed E-state index contributed by atoms with van der Waals surface area (Å²) in [6.07, 6.45) is -3.26. The van der Waals surface area contributed by atoms with Crippen molar-refractivity contribution in [2.45, 2.75) is 13.1 Å². The number of aromatic nitrogens is 2. The summed E-state index contributed by atoms with van der Waals surface area (Å²) in [6.45, 7) is 1.57. The molecule has 0 saturated carbocycles. The van der Waals surface area contributed by atoms with E-state index in [-0.39, 0.29) is 40.6 Å². The number of nitrogens with one attached hydrogen (secondary N) is 1. The monoisotopic (exact) mass is 730 g/mol. The first-order chi connectivity index (χ1) is 21.5. The minimum atomic E-state index is -4.60. The van der Waals surface area contributed by atoms with Gasteiger partial charge in [0.1, 0.15) is 5.82 Å². The fourth-order valence-corrected chi connectivity index (χ4v) is 5.11. The summed E-state index contributed by atoms with van der Waals surface area (Å²) in [6, 6.07) is 19.9. The highest BCUT2D eigenvalue weighted by Crippen LogP contribution is 2.35. The number of anilines is 1. The van der Waals surface area contributed by atoms with Crippen molar-refractivity contribution >= 4 is 51.3 Å². The van der Waals surface area contributed by atoms with E-state index in [1.165, 1.54) is 36.5 Å². The minimum absolute atomic E-state index is 0.0142. The van der Waals surface area contributed by atoms with Gasteiger partial charge in [-0.2, -0.15) is 22.9 Å². The van der Waals surface area contributed by atoms with Crippen molar-refractivity contribution in [2.75, 3.05) is 18.5 Å². The molecule has 0 aliphatic carbocycles. The largest absolute Gasteiger partial charge is 0.490 e. The number of amides is 1. The lowest BCUT2D eigenvalue weighted by atomic mass is 10.1. The van der Waals surface area contributed by atoms with Gasteiger partial charge in [0.15, 0.2) is 23.9 Å². The van der Waals surface area contributed by atoms with Crippen LogP contribution in [0, 0.1) is 9.39 Å². The van der Waals surface area contributed by atoms with E-state index < -0.39 is 35.6 Å². The van der Waals surface area contributed by atoms with Gasteiger partial charge in [0.25, 0.3) is 11.5 Å². The number of rotatable bonds is 9. The van der Waals surface area contributed by atoms with Crippen LogP contribution in [0.15, 0.2) is 94.8 Å². The molecule has 0 unspecified atom stereocenters. The van der Waals surface area contributed by atoms with Gasteiger partial charge in [-0.3, -0.25) is 9.59 Å². The Kier molecular flexibility index (Phi) is 9.46. The maximum absolute atomic E-state index is 13.9. The molecule has 0 saturated heterocycles. The van der Waals surface area contributed by atoms with Crippen molar-refractivity contribution < 1.29 is 31.8 Å². The van der Waals surface area contributed by atoms with Crippen LogP contribution in [0.2, 0.25) is 0 Å². The number of hydrogen-bond acceptors (Lipinski definition) is 6. The lowest BCUT2D eigenvalue weighted by Crippen LogP contribution is -2.21. The summed E-state index contributed by atoms with van der Waals surface area (Å²) in [5.41, 5.74) is -0.653. The number of para-hydroxylation sites is 2. The van der Waals surface area contributed by atoms with E-state index in [1.807, 2.05) is 22.6 Å². The second kappa shape index (κ2) is 13.5. The van der Waals surface area contributed by atoms with Crippen molar-refractivity contribution in [3.8, 4) is 22.9 Å². The van der Waals surface area contributed by atoms with Crippen LogP contribution in [0.1, 0.15) is 18.1 Å². The topological polar surface area (TPSA) is 94.8 Å². The lowest BCUT2D eigenvalue weighted by Gasteiger charge is -2.15. The van der Waals surface area contributed by atoms with Gasteiger partial charge in [0.05, 0.1) is 38.5 Å². The van der Waals surface area contributed by atoms with E-state index in [4.69, 9.17) is 9.47 Å². The van der Waals surface area contributed by atoms with E-state index in [1.54, 1.807) is 49.4 Å². The molecular weight excluding hydrogens is 707 g/mol. The number of halogens is 5. The smallest absolute Gasteiger partial charge is 0.416 e. The molecule has 0 atom stereocenters. The minimum Gasteiger partial charge on any atom is -0.490 e. The summed E-state index contributed by atoms with van der Waals surface area (Å²) in [5, 5.41) is 7.01. The maximum Gasteiger partial charge on any atom is 0.416 e. The molecule has 1 amide bonds. The number of carbonyl (C=O) groups excluding carboxylic acids is 1. The maximum atomic E-state index is 13.9. The van der Waals surface area contributed by atoms with E-state index in [0.29, 0.717) is 14.7 Å². The van der Waals surface area contributed by atoms with E-state index in [0.717, 1.165) is 16.8 Å². The molecule has 1 aromatic heterocycles. The fourth-order valence-electron chi connectivity index (χ4n) is 4.33. The zero-order valence-electron chi connectivity index (χ0n) is 23.4. The van der Waals surface area contributed by atoms with Gasteiger partial charge < -0.3 is 14.8 Å². The fraction of sp³-hybridized carbons (Fsp3) is 0.125. The first-order valence-electron chi connectivity index (χ1n) is 13.4. The van der Waals surface area contributed by atoms with Crippen LogP contribution in [0.25, 0.3) is 22.3 Å². The average Bonchev–Trinajstić information content (AvgIpc) is 3.01. The van der Waals surface area contributed by atoms with Gasteiger partial charge in [0.2, 0.25) is 0 Å². The number of fused-ring (bicyclic) bond motifs is 1. The van der Waals surface area contributed by atoms with Crippen LogP contribution in [0.5, 0.6) is 11.5 Å². The van der Waals surface area contributed by atoms with Crippen molar-refractivity contribution in [3.63, 3.8) is 0 Å². The lowest BCUT2D eigenvalue weighted by molar-refractivity contribution is -0.137. The van der Waals surface area contributed by atoms with Crippen LogP contribution in [0.3, 0.4) is 0 Å². The molecule has 4 aromatic carbocycles. The van der Waals surface area contributed by atoms with Crippen LogP contribution in [-0.4, -0.2) is 35.0 Å². The quantitative estimate of drug-likeness (QED) is 0.0991. The van der Waals surface area contributed by atoms with Gasteiger partial charge in [0, 0.05) is 5.56 Å². The Hall–Kier alpha value is -4.79. The van der Waals surface area contributed by atoms with Crippen LogP contribution >= 0.6 is 22.6 Å². The van der Waals surface area contributed by atoms with Crippen molar-refractivity contribution in [1.29, 1.82) is 0 Å². The number of hydrogen-bond donors (Lipinski definition) is 1. The summed E-state index contributed by atoms with van der Waals surface area (Å²) < 4.78 is 67.3. The molecule has 45 heavy (non-hydrogen) atoms. The highest BCUT2D eigenvalue weighted by Gasteiger charge is 2.31. The summed E-state index contributed by atoms with van der Waals surface area (Å²) in [7, 11) is 0. The zero-order chi connectivity index (χ0) is 32.1. The highest BCUT2D eigenvalue weighted by molar-refractivity contribution is 14.1. The highest BCUT2D eigenvalue weighted by atomic mass is 127. The summed E-state index contributed by atoms with van der Waals surface area (Å²) in [5.74, 6) is -0.731. The number of carbonyl (C=O) groups is 1. The Balaban J connectivity index is 1.49. The molecule has 0 aliphatic rings. The number of benzene rings is 4. The Morgan fingerprint density at radius 1 is 1.02 bits per heavy atom. The third-order valence-electron chi connectivity index (χ3n) is 6.35. The number of alkyl halides is 3. The average molecular weight is 730 g/mol. The molecule has 8 nitrogen and oxygen atoms in total. The van der Waals surface area contributed by atoms with Crippen molar-refractivity contribution in [1.82, 2.24) is 9.66 Å². The van der Waals surface area contributed by atoms with Crippen LogP contribution in [-0.2, 0) is 11.0 Å². The molecule has 5 rings (SSSR count). The predicted octanol–water partition coefficient (Wildman–Crippen LogP) is 7.12. The molecule has 0 spiro atoms. The predicted molar refractivity (Wildman–Crippen MR) is 170 cm³/mol. The first-order valence-corrected chi connectivity index (χ1v) is 14.5. The normalized spacial score (nSPS) is 11.6. The van der Waals surface area contributed by atoms with Gasteiger partial charge in [-0.25, -0.2) is 9.37 Å². The molecule has 0 fully saturated rings. The Morgan fingerprint density at radius 3 is 2.53 bits per heavy atom. The Bertz CT molecular complexity index is 1980. The SMILES string of the molecule is CCOc1cc(C=Nn2c(-c3cccc(C(F)(F)F)c3)nc3ccccc3c2=O)cc(I)c1OCC(=O)Nc1ccccc1F. The van der Waals surface area contributed by atoms with Crippen molar-refractivity contribution in [3.05, 3.63) is 116 Å². The molecule has 5 aromatic rings. The number of nitrogens with zero attached hydrogens (tertiary/aromatic N) is 3. The first kappa shape index (κ1) is 31.6. The molecular formula is C32H23F4IN4O4.